The lowest BCUT2D eigenvalue weighted by Crippen LogP contribution is -2.29. The molecule has 0 aromatic heterocycles. The number of nitrogens with zero attached hydrogens (tertiary/aromatic N) is 1. The van der Waals surface area contributed by atoms with Gasteiger partial charge in [0, 0.05) is 0 Å². The minimum atomic E-state index is -0.357. The lowest BCUT2D eigenvalue weighted by atomic mass is 10.0. The Morgan fingerprint density at radius 2 is 2.17 bits per heavy atom. The maximum Gasteiger partial charge on any atom is 0.411 e. The van der Waals surface area contributed by atoms with Crippen molar-refractivity contribution in [3.8, 4) is 12.3 Å². The van der Waals surface area contributed by atoms with E-state index in [0.29, 0.717) is 0 Å². The number of hydrogen-bond donors (Lipinski definition) is 0. The number of ether oxygens (including phenoxy) is 1. The highest BCUT2D eigenvalue weighted by Gasteiger charge is 2.40. The van der Waals surface area contributed by atoms with Crippen LogP contribution in [0.25, 0.3) is 0 Å². The van der Waals surface area contributed by atoms with Crippen molar-refractivity contribution in [1.29, 1.82) is 0 Å². The number of terminal acetylenes is 1. The molecule has 1 aliphatic rings. The molecule has 1 aromatic rings. The summed E-state index contributed by atoms with van der Waals surface area (Å²) in [6.07, 6.45) is 8.44. The molecule has 2 atom stereocenters. The zero-order valence-corrected chi connectivity index (χ0v) is 10.2. The predicted octanol–water partition coefficient (Wildman–Crippen LogP) is 2.76. The van der Waals surface area contributed by atoms with Crippen molar-refractivity contribution in [1.82, 2.24) is 4.90 Å². The van der Waals surface area contributed by atoms with E-state index < -0.39 is 0 Å². The van der Waals surface area contributed by atoms with Crippen molar-refractivity contribution >= 4 is 6.09 Å². The van der Waals surface area contributed by atoms with E-state index in [-0.39, 0.29) is 24.8 Å². The summed E-state index contributed by atoms with van der Waals surface area (Å²) in [6, 6.07) is 9.64. The van der Waals surface area contributed by atoms with E-state index in [4.69, 9.17) is 11.2 Å². The van der Waals surface area contributed by atoms with Crippen LogP contribution >= 0.6 is 0 Å². The Labute approximate surface area is 107 Å². The molecule has 3 heteroatoms. The molecule has 0 spiro atoms. The standard InChI is InChI=1S/C15H15NO2/c1-3-8-13-14(12-9-6-5-7-10-12)16(11-4-2)15(17)18-13/h2-3,5-10,13-14H,11H2,1H3/b8-3+/t13-,14-/m1/s1. The van der Waals surface area contributed by atoms with Gasteiger partial charge in [0.1, 0.15) is 12.1 Å². The second kappa shape index (κ2) is 5.42. The molecule has 2 rings (SSSR count). The highest BCUT2D eigenvalue weighted by atomic mass is 16.6. The van der Waals surface area contributed by atoms with Crippen molar-refractivity contribution in [2.75, 3.05) is 6.54 Å². The average molecular weight is 241 g/mol. The SMILES string of the molecule is C#CCN1C(=O)O[C@H](/C=C/C)[C@H]1c1ccccc1. The van der Waals surface area contributed by atoms with Crippen molar-refractivity contribution in [3.05, 3.63) is 48.0 Å². The maximum absolute atomic E-state index is 11.8. The summed E-state index contributed by atoms with van der Waals surface area (Å²) in [7, 11) is 0. The van der Waals surface area contributed by atoms with E-state index in [1.54, 1.807) is 4.90 Å². The zero-order chi connectivity index (χ0) is 13.0. The second-order valence-electron chi connectivity index (χ2n) is 4.06. The monoisotopic (exact) mass is 241 g/mol. The van der Waals surface area contributed by atoms with Crippen molar-refractivity contribution < 1.29 is 9.53 Å². The van der Waals surface area contributed by atoms with Crippen LogP contribution in [0.15, 0.2) is 42.5 Å². The number of carbonyl (C=O) groups is 1. The zero-order valence-electron chi connectivity index (χ0n) is 10.2. The molecule has 0 N–H and O–H groups in total. The van der Waals surface area contributed by atoms with Crippen molar-refractivity contribution in [2.45, 2.75) is 19.1 Å². The van der Waals surface area contributed by atoms with Crippen LogP contribution in [0.3, 0.4) is 0 Å². The highest BCUT2D eigenvalue weighted by Crippen LogP contribution is 2.33. The molecular formula is C15H15NO2. The lowest BCUT2D eigenvalue weighted by molar-refractivity contribution is 0.146. The fourth-order valence-electron chi connectivity index (χ4n) is 2.15. The Balaban J connectivity index is 2.36. The smallest absolute Gasteiger partial charge is 0.411 e. The molecule has 1 fully saturated rings. The molecule has 0 bridgehead atoms. The first kappa shape index (κ1) is 12.3. The van der Waals surface area contributed by atoms with Crippen molar-refractivity contribution in [3.63, 3.8) is 0 Å². The molecule has 18 heavy (non-hydrogen) atoms. The normalized spacial score (nSPS) is 23.1. The minimum absolute atomic E-state index is 0.147. The highest BCUT2D eigenvalue weighted by molar-refractivity contribution is 5.72. The van der Waals surface area contributed by atoms with Crippen LogP contribution in [0, 0.1) is 12.3 Å². The first-order valence-electron chi connectivity index (χ1n) is 5.86. The summed E-state index contributed by atoms with van der Waals surface area (Å²) in [4.78, 5) is 13.4. The quantitative estimate of drug-likeness (QED) is 0.601. The van der Waals surface area contributed by atoms with E-state index in [9.17, 15) is 4.79 Å². The topological polar surface area (TPSA) is 29.5 Å². The Bertz CT molecular complexity index is 487. The first-order chi connectivity index (χ1) is 8.77. The average Bonchev–Trinajstić information content (AvgIpc) is 2.68. The van der Waals surface area contributed by atoms with Gasteiger partial charge >= 0.3 is 6.09 Å². The third-order valence-corrected chi connectivity index (χ3v) is 2.90. The predicted molar refractivity (Wildman–Crippen MR) is 69.8 cm³/mol. The van der Waals surface area contributed by atoms with Gasteiger partial charge in [-0.2, -0.15) is 0 Å². The number of allylic oxidation sites excluding steroid dienone is 1. The largest absolute Gasteiger partial charge is 0.439 e. The second-order valence-corrected chi connectivity index (χ2v) is 4.06. The number of amides is 1. The summed E-state index contributed by atoms with van der Waals surface area (Å²) in [5, 5.41) is 0. The lowest BCUT2D eigenvalue weighted by Gasteiger charge is -2.21. The summed E-state index contributed by atoms with van der Waals surface area (Å²) in [5.41, 5.74) is 1.03. The Kier molecular flexibility index (Phi) is 3.69. The first-order valence-corrected chi connectivity index (χ1v) is 5.86. The van der Waals surface area contributed by atoms with Gasteiger partial charge in [-0.05, 0) is 18.6 Å². The van der Waals surface area contributed by atoms with E-state index in [1.807, 2.05) is 49.4 Å². The van der Waals surface area contributed by atoms with Gasteiger partial charge < -0.3 is 4.74 Å². The Morgan fingerprint density at radius 1 is 1.44 bits per heavy atom. The minimum Gasteiger partial charge on any atom is -0.439 e. The van der Waals surface area contributed by atoms with E-state index in [0.717, 1.165) is 5.56 Å². The van der Waals surface area contributed by atoms with Crippen LogP contribution in [0.2, 0.25) is 0 Å². The van der Waals surface area contributed by atoms with E-state index in [1.165, 1.54) is 0 Å². The molecule has 1 saturated heterocycles. The summed E-state index contributed by atoms with van der Waals surface area (Å²) < 4.78 is 5.34. The van der Waals surface area contributed by atoms with Crippen LogP contribution in [-0.4, -0.2) is 23.6 Å². The van der Waals surface area contributed by atoms with Crippen LogP contribution in [0.1, 0.15) is 18.5 Å². The van der Waals surface area contributed by atoms with Crippen LogP contribution in [0.4, 0.5) is 4.79 Å². The molecule has 0 saturated carbocycles. The molecule has 3 nitrogen and oxygen atoms in total. The third kappa shape index (κ3) is 2.23. The fraction of sp³-hybridized carbons (Fsp3) is 0.267. The molecule has 0 aliphatic carbocycles. The van der Waals surface area contributed by atoms with E-state index >= 15 is 0 Å². The van der Waals surface area contributed by atoms with Crippen LogP contribution in [-0.2, 0) is 4.74 Å². The molecule has 0 radical (unpaired) electrons. The van der Waals surface area contributed by atoms with Crippen molar-refractivity contribution in [2.24, 2.45) is 0 Å². The van der Waals surface area contributed by atoms with Crippen LogP contribution < -0.4 is 0 Å². The van der Waals surface area contributed by atoms with Gasteiger partial charge in [-0.1, -0.05) is 42.3 Å². The molecule has 1 heterocycles. The van der Waals surface area contributed by atoms with Gasteiger partial charge in [0.05, 0.1) is 6.54 Å². The molecule has 92 valence electrons. The van der Waals surface area contributed by atoms with Gasteiger partial charge in [0.25, 0.3) is 0 Å². The van der Waals surface area contributed by atoms with E-state index in [2.05, 4.69) is 5.92 Å². The number of rotatable bonds is 3. The molecule has 1 amide bonds. The van der Waals surface area contributed by atoms with Gasteiger partial charge in [-0.15, -0.1) is 6.42 Å². The van der Waals surface area contributed by atoms with Gasteiger partial charge in [0.15, 0.2) is 0 Å². The number of hydrogen-bond acceptors (Lipinski definition) is 2. The molecule has 1 aromatic carbocycles. The molecular weight excluding hydrogens is 226 g/mol. The van der Waals surface area contributed by atoms with Crippen LogP contribution in [0.5, 0.6) is 0 Å². The summed E-state index contributed by atoms with van der Waals surface area (Å²) in [5.74, 6) is 2.50. The number of carbonyl (C=O) groups excluding carboxylic acids is 1. The number of benzene rings is 1. The Morgan fingerprint density at radius 3 is 2.78 bits per heavy atom. The van der Waals surface area contributed by atoms with Gasteiger partial charge in [-0.3, -0.25) is 4.90 Å². The van der Waals surface area contributed by atoms with Gasteiger partial charge in [-0.25, -0.2) is 4.79 Å². The van der Waals surface area contributed by atoms with Gasteiger partial charge in [0.2, 0.25) is 0 Å². The summed E-state index contributed by atoms with van der Waals surface area (Å²) >= 11 is 0. The molecule has 1 aliphatic heterocycles. The fourth-order valence-corrected chi connectivity index (χ4v) is 2.15. The third-order valence-electron chi connectivity index (χ3n) is 2.90. The Hall–Kier alpha value is -2.21. The molecule has 0 unspecified atom stereocenters. The summed E-state index contributed by atoms with van der Waals surface area (Å²) in [6.45, 7) is 2.16. The maximum atomic E-state index is 11.8. The number of cyclic esters (lactones) is 1.